The van der Waals surface area contributed by atoms with Gasteiger partial charge in [-0.2, -0.15) is 5.10 Å². The van der Waals surface area contributed by atoms with Crippen LogP contribution in [0.1, 0.15) is 32.7 Å². The maximum absolute atomic E-state index is 13.4. The zero-order chi connectivity index (χ0) is 16.1. The van der Waals surface area contributed by atoms with E-state index in [1.54, 1.807) is 25.4 Å². The van der Waals surface area contributed by atoms with Crippen LogP contribution in [-0.2, 0) is 4.79 Å². The molecule has 1 aromatic heterocycles. The van der Waals surface area contributed by atoms with Gasteiger partial charge in [-0.1, -0.05) is 13.3 Å². The third-order valence-corrected chi connectivity index (χ3v) is 3.42. The Morgan fingerprint density at radius 2 is 2.27 bits per heavy atom. The topological polar surface area (TPSA) is 70.1 Å². The molecular formula is C16H20FN3O2. The number of unbranched alkanes of at least 4 members (excludes halogenated alkanes) is 1. The van der Waals surface area contributed by atoms with Gasteiger partial charge in [-0.25, -0.2) is 4.39 Å². The molecule has 0 spiro atoms. The molecule has 0 unspecified atom stereocenters. The Morgan fingerprint density at radius 3 is 2.95 bits per heavy atom. The fraction of sp³-hybridized carbons (Fsp3) is 0.375. The quantitative estimate of drug-likeness (QED) is 0.800. The molecule has 0 fully saturated rings. The SMILES string of the molecule is CCCCOc1cc(F)ccc1-c1cnn([C@H](C)C(N)=O)c1. The van der Waals surface area contributed by atoms with Crippen molar-refractivity contribution in [3.63, 3.8) is 0 Å². The lowest BCUT2D eigenvalue weighted by molar-refractivity contribution is -0.120. The summed E-state index contributed by atoms with van der Waals surface area (Å²) in [5, 5.41) is 4.14. The van der Waals surface area contributed by atoms with E-state index < -0.39 is 11.9 Å². The van der Waals surface area contributed by atoms with Crippen LogP contribution in [0.2, 0.25) is 0 Å². The van der Waals surface area contributed by atoms with Crippen molar-refractivity contribution >= 4 is 5.91 Å². The normalized spacial score (nSPS) is 12.1. The molecule has 0 aliphatic rings. The minimum atomic E-state index is -0.543. The van der Waals surface area contributed by atoms with Gasteiger partial charge in [-0.15, -0.1) is 0 Å². The van der Waals surface area contributed by atoms with Crippen LogP contribution in [0.5, 0.6) is 5.75 Å². The van der Waals surface area contributed by atoms with E-state index in [2.05, 4.69) is 12.0 Å². The average Bonchev–Trinajstić information content (AvgIpc) is 2.96. The fourth-order valence-electron chi connectivity index (χ4n) is 2.00. The highest BCUT2D eigenvalue weighted by molar-refractivity contribution is 5.78. The van der Waals surface area contributed by atoms with Crippen molar-refractivity contribution in [2.24, 2.45) is 5.73 Å². The number of halogens is 1. The first-order chi connectivity index (χ1) is 10.5. The highest BCUT2D eigenvalue weighted by Crippen LogP contribution is 2.31. The number of benzene rings is 1. The smallest absolute Gasteiger partial charge is 0.241 e. The Labute approximate surface area is 128 Å². The summed E-state index contributed by atoms with van der Waals surface area (Å²) < 4.78 is 20.6. The first-order valence-corrected chi connectivity index (χ1v) is 7.29. The van der Waals surface area contributed by atoms with Crippen LogP contribution in [-0.4, -0.2) is 22.3 Å². The van der Waals surface area contributed by atoms with Crippen LogP contribution in [0.4, 0.5) is 4.39 Å². The average molecular weight is 305 g/mol. The highest BCUT2D eigenvalue weighted by Gasteiger charge is 2.15. The number of hydrogen-bond acceptors (Lipinski definition) is 3. The zero-order valence-corrected chi connectivity index (χ0v) is 12.8. The lowest BCUT2D eigenvalue weighted by atomic mass is 10.1. The van der Waals surface area contributed by atoms with Crippen molar-refractivity contribution in [2.45, 2.75) is 32.7 Å². The molecule has 0 aliphatic carbocycles. The number of hydrogen-bond donors (Lipinski definition) is 1. The molecule has 1 atom stereocenters. The third kappa shape index (κ3) is 3.63. The van der Waals surface area contributed by atoms with Gasteiger partial charge >= 0.3 is 0 Å². The lowest BCUT2D eigenvalue weighted by Gasteiger charge is -2.10. The second-order valence-corrected chi connectivity index (χ2v) is 5.13. The molecule has 2 aromatic rings. The van der Waals surface area contributed by atoms with Crippen molar-refractivity contribution in [1.82, 2.24) is 9.78 Å². The predicted octanol–water partition coefficient (Wildman–Crippen LogP) is 2.91. The van der Waals surface area contributed by atoms with E-state index in [0.29, 0.717) is 12.4 Å². The van der Waals surface area contributed by atoms with Gasteiger partial charge in [0.15, 0.2) is 0 Å². The van der Waals surface area contributed by atoms with Gasteiger partial charge in [0.1, 0.15) is 17.6 Å². The van der Waals surface area contributed by atoms with Gasteiger partial charge in [0.05, 0.1) is 12.8 Å². The number of rotatable bonds is 7. The second kappa shape index (κ2) is 7.06. The number of amides is 1. The molecule has 0 saturated carbocycles. The molecule has 6 heteroatoms. The minimum Gasteiger partial charge on any atom is -0.493 e. The summed E-state index contributed by atoms with van der Waals surface area (Å²) in [6.45, 7) is 4.26. The summed E-state index contributed by atoms with van der Waals surface area (Å²) in [5.74, 6) is -0.346. The predicted molar refractivity (Wildman–Crippen MR) is 81.9 cm³/mol. The van der Waals surface area contributed by atoms with Gasteiger partial charge in [0.2, 0.25) is 5.91 Å². The Kier molecular flexibility index (Phi) is 5.14. The molecular weight excluding hydrogens is 285 g/mol. The maximum atomic E-state index is 13.4. The standard InChI is InChI=1S/C16H20FN3O2/c1-3-4-7-22-15-8-13(17)5-6-14(15)12-9-19-20(10-12)11(2)16(18)21/h5-6,8-11H,3-4,7H2,1-2H3,(H2,18,21)/t11-/m1/s1. The molecule has 0 saturated heterocycles. The summed E-state index contributed by atoms with van der Waals surface area (Å²) in [6, 6.07) is 3.84. The summed E-state index contributed by atoms with van der Waals surface area (Å²) in [5.41, 5.74) is 6.76. The van der Waals surface area contributed by atoms with Crippen LogP contribution in [0.25, 0.3) is 11.1 Å². The Hall–Kier alpha value is -2.37. The Morgan fingerprint density at radius 1 is 1.50 bits per heavy atom. The lowest BCUT2D eigenvalue weighted by Crippen LogP contribution is -2.24. The Bertz CT molecular complexity index is 655. The van der Waals surface area contributed by atoms with Gasteiger partial charge in [0, 0.05) is 23.4 Å². The summed E-state index contributed by atoms with van der Waals surface area (Å²) >= 11 is 0. The first kappa shape index (κ1) is 16.0. The van der Waals surface area contributed by atoms with Crippen molar-refractivity contribution < 1.29 is 13.9 Å². The van der Waals surface area contributed by atoms with Crippen molar-refractivity contribution in [2.75, 3.05) is 6.61 Å². The van der Waals surface area contributed by atoms with Gasteiger partial charge in [0.25, 0.3) is 0 Å². The number of carbonyl (C=O) groups excluding carboxylic acids is 1. The molecule has 0 radical (unpaired) electrons. The molecule has 0 aliphatic heterocycles. The second-order valence-electron chi connectivity index (χ2n) is 5.13. The largest absolute Gasteiger partial charge is 0.493 e. The molecule has 2 rings (SSSR count). The number of primary amides is 1. The van der Waals surface area contributed by atoms with Crippen LogP contribution >= 0.6 is 0 Å². The van der Waals surface area contributed by atoms with E-state index in [4.69, 9.17) is 10.5 Å². The van der Waals surface area contributed by atoms with E-state index in [1.165, 1.54) is 16.8 Å². The molecule has 1 aromatic carbocycles. The van der Waals surface area contributed by atoms with Crippen molar-refractivity contribution in [1.29, 1.82) is 0 Å². The van der Waals surface area contributed by atoms with Crippen LogP contribution < -0.4 is 10.5 Å². The molecule has 5 nitrogen and oxygen atoms in total. The number of carbonyl (C=O) groups is 1. The third-order valence-electron chi connectivity index (χ3n) is 3.42. The molecule has 22 heavy (non-hydrogen) atoms. The Balaban J connectivity index is 2.29. The van der Waals surface area contributed by atoms with Crippen LogP contribution in [0, 0.1) is 5.82 Å². The first-order valence-electron chi connectivity index (χ1n) is 7.29. The van der Waals surface area contributed by atoms with Crippen LogP contribution in [0.15, 0.2) is 30.6 Å². The molecule has 1 amide bonds. The zero-order valence-electron chi connectivity index (χ0n) is 12.8. The van der Waals surface area contributed by atoms with Crippen molar-refractivity contribution in [3.8, 4) is 16.9 Å². The van der Waals surface area contributed by atoms with Crippen LogP contribution in [0.3, 0.4) is 0 Å². The van der Waals surface area contributed by atoms with Crippen molar-refractivity contribution in [3.05, 3.63) is 36.4 Å². The van der Waals surface area contributed by atoms with E-state index in [9.17, 15) is 9.18 Å². The molecule has 2 N–H and O–H groups in total. The fourth-order valence-corrected chi connectivity index (χ4v) is 2.00. The summed E-state index contributed by atoms with van der Waals surface area (Å²) in [4.78, 5) is 11.2. The van der Waals surface area contributed by atoms with E-state index >= 15 is 0 Å². The molecule has 1 heterocycles. The van der Waals surface area contributed by atoms with E-state index in [-0.39, 0.29) is 5.82 Å². The number of ether oxygens (including phenoxy) is 1. The van der Waals surface area contributed by atoms with Gasteiger partial charge in [-0.05, 0) is 25.5 Å². The number of nitrogens with zero attached hydrogens (tertiary/aromatic N) is 2. The highest BCUT2D eigenvalue weighted by atomic mass is 19.1. The minimum absolute atomic E-state index is 0.354. The van der Waals surface area contributed by atoms with E-state index in [0.717, 1.165) is 24.0 Å². The molecule has 0 bridgehead atoms. The monoisotopic (exact) mass is 305 g/mol. The van der Waals surface area contributed by atoms with E-state index in [1.807, 2.05) is 0 Å². The van der Waals surface area contributed by atoms with Gasteiger partial charge in [-0.3, -0.25) is 9.48 Å². The summed E-state index contributed by atoms with van der Waals surface area (Å²) in [7, 11) is 0. The molecule has 118 valence electrons. The number of aromatic nitrogens is 2. The maximum Gasteiger partial charge on any atom is 0.241 e. The summed E-state index contributed by atoms with van der Waals surface area (Å²) in [6.07, 6.45) is 5.21. The van der Waals surface area contributed by atoms with Gasteiger partial charge < -0.3 is 10.5 Å². The number of nitrogens with two attached hydrogens (primary N) is 1.